The molecule has 0 amide bonds. The van der Waals surface area contributed by atoms with Crippen LogP contribution in [0.25, 0.3) is 0 Å². The van der Waals surface area contributed by atoms with Crippen LogP contribution in [0, 0.1) is 17.5 Å². The van der Waals surface area contributed by atoms with E-state index in [1.54, 1.807) is 0 Å². The molecule has 2 nitrogen and oxygen atoms in total. The molecule has 104 valence electrons. The summed E-state index contributed by atoms with van der Waals surface area (Å²) in [6, 6.07) is 5.07. The van der Waals surface area contributed by atoms with E-state index < -0.39 is 28.8 Å². The normalized spacial score (nSPS) is 10.4. The monoisotopic (exact) mass is 344 g/mol. The van der Waals surface area contributed by atoms with Crippen molar-refractivity contribution in [3.05, 3.63) is 63.4 Å². The summed E-state index contributed by atoms with van der Waals surface area (Å²) in [6.07, 6.45) is 0. The van der Waals surface area contributed by atoms with E-state index in [2.05, 4.69) is 15.9 Å². The summed E-state index contributed by atoms with van der Waals surface area (Å²) in [5.74, 6) is -3.56. The minimum atomic E-state index is -1.04. The third kappa shape index (κ3) is 2.70. The third-order valence-electron chi connectivity index (χ3n) is 2.65. The van der Waals surface area contributed by atoms with Crippen molar-refractivity contribution in [2.24, 2.45) is 0 Å². The molecule has 0 unspecified atom stereocenters. The van der Waals surface area contributed by atoms with Crippen molar-refractivity contribution in [3.63, 3.8) is 0 Å². The summed E-state index contributed by atoms with van der Waals surface area (Å²) in [5, 5.41) is 0. The summed E-state index contributed by atoms with van der Waals surface area (Å²) in [6.45, 7) is 0. The SMILES string of the molecule is COc1cc(F)c(C(=O)c2ccc(F)cc2Br)c(F)c1. The third-order valence-corrected chi connectivity index (χ3v) is 3.31. The first-order chi connectivity index (χ1) is 9.43. The lowest BCUT2D eigenvalue weighted by molar-refractivity contribution is 0.103. The van der Waals surface area contributed by atoms with E-state index >= 15 is 0 Å². The number of carbonyl (C=O) groups excluding carboxylic acids is 1. The molecule has 2 aromatic carbocycles. The van der Waals surface area contributed by atoms with Crippen molar-refractivity contribution in [2.75, 3.05) is 7.11 Å². The Balaban J connectivity index is 2.54. The molecule has 0 bridgehead atoms. The lowest BCUT2D eigenvalue weighted by Gasteiger charge is -2.08. The molecule has 0 fully saturated rings. The number of ketones is 1. The maximum atomic E-state index is 13.8. The van der Waals surface area contributed by atoms with Crippen molar-refractivity contribution >= 4 is 21.7 Å². The van der Waals surface area contributed by atoms with Gasteiger partial charge in [0.2, 0.25) is 0 Å². The fraction of sp³-hybridized carbons (Fsp3) is 0.0714. The highest BCUT2D eigenvalue weighted by Gasteiger charge is 2.22. The largest absolute Gasteiger partial charge is 0.497 e. The fourth-order valence-corrected chi connectivity index (χ4v) is 2.22. The first-order valence-electron chi connectivity index (χ1n) is 5.47. The second-order valence-electron chi connectivity index (χ2n) is 3.92. The molecule has 0 saturated heterocycles. The number of hydrogen-bond donors (Lipinski definition) is 0. The maximum absolute atomic E-state index is 13.8. The smallest absolute Gasteiger partial charge is 0.200 e. The maximum Gasteiger partial charge on any atom is 0.200 e. The average Bonchev–Trinajstić information content (AvgIpc) is 2.37. The average molecular weight is 345 g/mol. The van der Waals surface area contributed by atoms with E-state index in [9.17, 15) is 18.0 Å². The first-order valence-corrected chi connectivity index (χ1v) is 6.26. The predicted molar refractivity (Wildman–Crippen MR) is 70.4 cm³/mol. The molecule has 2 rings (SSSR count). The number of halogens is 4. The molecule has 2 aromatic rings. The zero-order valence-electron chi connectivity index (χ0n) is 10.2. The highest BCUT2D eigenvalue weighted by molar-refractivity contribution is 9.10. The Hall–Kier alpha value is -1.82. The lowest BCUT2D eigenvalue weighted by atomic mass is 10.0. The quantitative estimate of drug-likeness (QED) is 0.783. The van der Waals surface area contributed by atoms with Gasteiger partial charge in [-0.3, -0.25) is 4.79 Å². The zero-order valence-corrected chi connectivity index (χ0v) is 11.8. The van der Waals surface area contributed by atoms with Crippen molar-refractivity contribution < 1.29 is 22.7 Å². The highest BCUT2D eigenvalue weighted by atomic mass is 79.9. The predicted octanol–water partition coefficient (Wildman–Crippen LogP) is 4.11. The Morgan fingerprint density at radius 3 is 2.20 bits per heavy atom. The van der Waals surface area contributed by atoms with Crippen molar-refractivity contribution in [3.8, 4) is 5.75 Å². The lowest BCUT2D eigenvalue weighted by Crippen LogP contribution is -2.09. The van der Waals surface area contributed by atoms with Crippen LogP contribution >= 0.6 is 15.9 Å². The second kappa shape index (κ2) is 5.66. The molecule has 0 radical (unpaired) electrons. The summed E-state index contributed by atoms with van der Waals surface area (Å²) in [4.78, 5) is 12.1. The van der Waals surface area contributed by atoms with Crippen LogP contribution in [0.2, 0.25) is 0 Å². The molecule has 6 heteroatoms. The van der Waals surface area contributed by atoms with Gasteiger partial charge in [-0.2, -0.15) is 0 Å². The van der Waals surface area contributed by atoms with Crippen LogP contribution in [0.4, 0.5) is 13.2 Å². The molecule has 0 saturated carbocycles. The highest BCUT2D eigenvalue weighted by Crippen LogP contribution is 2.26. The molecule has 20 heavy (non-hydrogen) atoms. The van der Waals surface area contributed by atoms with Gasteiger partial charge in [-0.05, 0) is 34.1 Å². The minimum absolute atomic E-state index is 0.0327. The number of rotatable bonds is 3. The Morgan fingerprint density at radius 2 is 1.70 bits per heavy atom. The molecular weight excluding hydrogens is 337 g/mol. The fourth-order valence-electron chi connectivity index (χ4n) is 1.69. The van der Waals surface area contributed by atoms with E-state index in [1.807, 2.05) is 0 Å². The number of carbonyl (C=O) groups is 1. The van der Waals surface area contributed by atoms with Crippen LogP contribution in [0.5, 0.6) is 5.75 Å². The summed E-state index contributed by atoms with van der Waals surface area (Å²) in [7, 11) is 1.26. The Kier molecular flexibility index (Phi) is 4.13. The number of methoxy groups -OCH3 is 1. The summed E-state index contributed by atoms with van der Waals surface area (Å²) >= 11 is 2.99. The van der Waals surface area contributed by atoms with Crippen molar-refractivity contribution in [1.82, 2.24) is 0 Å². The van der Waals surface area contributed by atoms with Crippen LogP contribution < -0.4 is 4.74 Å². The van der Waals surface area contributed by atoms with Crippen LogP contribution in [-0.4, -0.2) is 12.9 Å². The molecular formula is C14H8BrF3O2. The standard InChI is InChI=1S/C14H8BrF3O2/c1-20-8-5-11(17)13(12(18)6-8)14(19)9-3-2-7(16)4-10(9)15/h2-6H,1H3. The van der Waals surface area contributed by atoms with Gasteiger partial charge >= 0.3 is 0 Å². The van der Waals surface area contributed by atoms with Gasteiger partial charge in [-0.25, -0.2) is 13.2 Å². The Morgan fingerprint density at radius 1 is 1.10 bits per heavy atom. The van der Waals surface area contributed by atoms with Crippen LogP contribution in [-0.2, 0) is 0 Å². The topological polar surface area (TPSA) is 26.3 Å². The van der Waals surface area contributed by atoms with E-state index in [-0.39, 0.29) is 15.8 Å². The number of hydrogen-bond acceptors (Lipinski definition) is 2. The Bertz CT molecular complexity index is 663. The van der Waals surface area contributed by atoms with Crippen LogP contribution in [0.15, 0.2) is 34.8 Å². The van der Waals surface area contributed by atoms with Gasteiger partial charge in [0.15, 0.2) is 5.78 Å². The van der Waals surface area contributed by atoms with Gasteiger partial charge in [0.05, 0.1) is 12.7 Å². The van der Waals surface area contributed by atoms with E-state index in [4.69, 9.17) is 4.74 Å². The van der Waals surface area contributed by atoms with E-state index in [0.717, 1.165) is 30.3 Å². The van der Waals surface area contributed by atoms with Crippen molar-refractivity contribution in [1.29, 1.82) is 0 Å². The van der Waals surface area contributed by atoms with Crippen LogP contribution in [0.3, 0.4) is 0 Å². The number of ether oxygens (including phenoxy) is 1. The molecule has 0 heterocycles. The minimum Gasteiger partial charge on any atom is -0.497 e. The number of benzene rings is 2. The molecule has 0 aliphatic heterocycles. The van der Waals surface area contributed by atoms with Gasteiger partial charge in [-0.15, -0.1) is 0 Å². The summed E-state index contributed by atoms with van der Waals surface area (Å²) < 4.78 is 45.4. The molecule has 0 aromatic heterocycles. The van der Waals surface area contributed by atoms with Gasteiger partial charge in [-0.1, -0.05) is 0 Å². The second-order valence-corrected chi connectivity index (χ2v) is 4.77. The molecule has 0 aliphatic carbocycles. The molecule has 0 N–H and O–H groups in total. The van der Waals surface area contributed by atoms with Gasteiger partial charge in [0, 0.05) is 22.2 Å². The first kappa shape index (κ1) is 14.6. The van der Waals surface area contributed by atoms with Gasteiger partial charge in [0.25, 0.3) is 0 Å². The Labute approximate surface area is 121 Å². The van der Waals surface area contributed by atoms with Crippen molar-refractivity contribution in [2.45, 2.75) is 0 Å². The summed E-state index contributed by atoms with van der Waals surface area (Å²) in [5.41, 5.74) is -0.743. The molecule has 0 atom stereocenters. The molecule has 0 aliphatic rings. The van der Waals surface area contributed by atoms with Gasteiger partial charge < -0.3 is 4.74 Å². The van der Waals surface area contributed by atoms with Gasteiger partial charge in [0.1, 0.15) is 23.2 Å². The zero-order chi connectivity index (χ0) is 14.9. The van der Waals surface area contributed by atoms with E-state index in [0.29, 0.717) is 0 Å². The van der Waals surface area contributed by atoms with E-state index in [1.165, 1.54) is 7.11 Å². The molecule has 0 spiro atoms. The van der Waals surface area contributed by atoms with Crippen LogP contribution in [0.1, 0.15) is 15.9 Å².